The average Bonchev–Trinajstić information content (AvgIpc) is 2.90. The van der Waals surface area contributed by atoms with Crippen LogP contribution in [-0.4, -0.2) is 21.9 Å². The molecule has 0 amide bonds. The largest absolute Gasteiger partial charge is 0.333 e. The molecule has 0 saturated carbocycles. The molecule has 0 saturated heterocycles. The van der Waals surface area contributed by atoms with Crippen molar-refractivity contribution in [3.63, 3.8) is 0 Å². The zero-order chi connectivity index (χ0) is 13.8. The van der Waals surface area contributed by atoms with Gasteiger partial charge in [-0.2, -0.15) is 0 Å². The third kappa shape index (κ3) is 3.20. The zero-order valence-electron chi connectivity index (χ0n) is 11.4. The molecule has 20 heavy (non-hydrogen) atoms. The van der Waals surface area contributed by atoms with Gasteiger partial charge in [-0.05, 0) is 31.0 Å². The number of thioether (sulfide) groups is 1. The highest BCUT2D eigenvalue weighted by Gasteiger charge is 2.19. The van der Waals surface area contributed by atoms with Crippen LogP contribution in [0.3, 0.4) is 0 Å². The lowest BCUT2D eigenvalue weighted by Crippen LogP contribution is -2.09. The number of nitrogens with zero attached hydrogens (tertiary/aromatic N) is 2. The molecule has 3 rings (SSSR count). The van der Waals surface area contributed by atoms with E-state index in [1.807, 2.05) is 31.3 Å². The summed E-state index contributed by atoms with van der Waals surface area (Å²) >= 11 is 1.78. The Morgan fingerprint density at radius 2 is 2.05 bits per heavy atom. The van der Waals surface area contributed by atoms with Crippen molar-refractivity contribution in [1.82, 2.24) is 4.98 Å². The molecular weight excluding hydrogens is 266 g/mol. The minimum absolute atomic E-state index is 0.363. The topological polar surface area (TPSA) is 37.3 Å². The first-order valence-electron chi connectivity index (χ1n) is 6.74. The van der Waals surface area contributed by atoms with Crippen LogP contribution in [0.2, 0.25) is 0 Å². The minimum atomic E-state index is 0.363. The van der Waals surface area contributed by atoms with Crippen molar-refractivity contribution in [3.8, 4) is 0 Å². The van der Waals surface area contributed by atoms with Gasteiger partial charge in [0.1, 0.15) is 0 Å². The lowest BCUT2D eigenvalue weighted by atomic mass is 10.1. The first-order valence-corrected chi connectivity index (χ1v) is 7.73. The summed E-state index contributed by atoms with van der Waals surface area (Å²) in [4.78, 5) is 9.04. The summed E-state index contributed by atoms with van der Waals surface area (Å²) in [6, 6.07) is 14.9. The number of benzene rings is 1. The van der Waals surface area contributed by atoms with Gasteiger partial charge in [0.05, 0.1) is 17.4 Å². The summed E-state index contributed by atoms with van der Waals surface area (Å²) in [5.41, 5.74) is 3.39. The van der Waals surface area contributed by atoms with Crippen LogP contribution in [0.1, 0.15) is 11.3 Å². The fourth-order valence-electron chi connectivity index (χ4n) is 2.21. The van der Waals surface area contributed by atoms with E-state index in [4.69, 9.17) is 4.99 Å². The Morgan fingerprint density at radius 1 is 1.20 bits per heavy atom. The van der Waals surface area contributed by atoms with Crippen LogP contribution in [0.5, 0.6) is 0 Å². The Balaban J connectivity index is 1.65. The summed E-state index contributed by atoms with van der Waals surface area (Å²) in [6.45, 7) is 2.00. The van der Waals surface area contributed by atoms with Gasteiger partial charge in [-0.25, -0.2) is 0 Å². The minimum Gasteiger partial charge on any atom is -0.333 e. The molecule has 0 bridgehead atoms. The molecular formula is C16H17N3S. The number of aryl methyl sites for hydroxylation is 1. The van der Waals surface area contributed by atoms with Crippen molar-refractivity contribution in [3.05, 3.63) is 59.9 Å². The molecule has 2 aromatic rings. The van der Waals surface area contributed by atoms with Crippen LogP contribution in [0.15, 0.2) is 53.7 Å². The second kappa shape index (κ2) is 6.09. The highest BCUT2D eigenvalue weighted by molar-refractivity contribution is 8.14. The number of pyridine rings is 1. The molecule has 1 aromatic carbocycles. The molecule has 1 atom stereocenters. The van der Waals surface area contributed by atoms with Crippen molar-refractivity contribution in [2.24, 2.45) is 4.99 Å². The molecule has 102 valence electrons. The normalized spacial score (nSPS) is 17.9. The van der Waals surface area contributed by atoms with Crippen LogP contribution in [0.4, 0.5) is 5.69 Å². The molecule has 0 aliphatic carbocycles. The van der Waals surface area contributed by atoms with E-state index in [0.29, 0.717) is 6.04 Å². The van der Waals surface area contributed by atoms with E-state index in [-0.39, 0.29) is 0 Å². The van der Waals surface area contributed by atoms with Crippen LogP contribution in [-0.2, 0) is 6.42 Å². The number of rotatable bonds is 3. The smallest absolute Gasteiger partial charge is 0.161 e. The molecule has 1 N–H and O–H groups in total. The lowest BCUT2D eigenvalue weighted by Gasteiger charge is -2.07. The Kier molecular flexibility index (Phi) is 4.02. The van der Waals surface area contributed by atoms with E-state index < -0.39 is 0 Å². The maximum Gasteiger partial charge on any atom is 0.161 e. The number of nitrogens with one attached hydrogen (secondary N) is 1. The molecule has 0 spiro atoms. The van der Waals surface area contributed by atoms with Crippen LogP contribution in [0, 0.1) is 6.92 Å². The molecule has 2 heterocycles. The van der Waals surface area contributed by atoms with E-state index in [2.05, 4.69) is 34.6 Å². The Bertz CT molecular complexity index is 610. The van der Waals surface area contributed by atoms with Gasteiger partial charge >= 0.3 is 0 Å². The summed E-state index contributed by atoms with van der Waals surface area (Å²) < 4.78 is 0. The van der Waals surface area contributed by atoms with Crippen LogP contribution >= 0.6 is 11.8 Å². The van der Waals surface area contributed by atoms with Gasteiger partial charge in [-0.1, -0.05) is 42.1 Å². The number of anilines is 1. The van der Waals surface area contributed by atoms with Gasteiger partial charge < -0.3 is 5.32 Å². The number of aromatic nitrogens is 1. The lowest BCUT2D eigenvalue weighted by molar-refractivity contribution is 0.762. The van der Waals surface area contributed by atoms with Crippen molar-refractivity contribution >= 4 is 22.6 Å². The van der Waals surface area contributed by atoms with Gasteiger partial charge in [0.25, 0.3) is 0 Å². The number of hydrogen-bond donors (Lipinski definition) is 1. The Labute approximate surface area is 123 Å². The van der Waals surface area contributed by atoms with Crippen molar-refractivity contribution in [2.75, 3.05) is 11.1 Å². The Hall–Kier alpha value is -1.81. The van der Waals surface area contributed by atoms with Gasteiger partial charge in [-0.15, -0.1) is 0 Å². The Morgan fingerprint density at radius 3 is 2.85 bits per heavy atom. The predicted molar refractivity (Wildman–Crippen MR) is 86.4 cm³/mol. The molecule has 1 aliphatic heterocycles. The fraction of sp³-hybridized carbons (Fsp3) is 0.250. The first kappa shape index (κ1) is 13.2. The summed E-state index contributed by atoms with van der Waals surface area (Å²) in [6.07, 6.45) is 2.81. The van der Waals surface area contributed by atoms with Gasteiger partial charge in [0.15, 0.2) is 5.17 Å². The van der Waals surface area contributed by atoms with Gasteiger partial charge in [0, 0.05) is 11.9 Å². The maximum atomic E-state index is 4.76. The van der Waals surface area contributed by atoms with Gasteiger partial charge in [0.2, 0.25) is 0 Å². The molecule has 4 heteroatoms. The maximum absolute atomic E-state index is 4.76. The fourth-order valence-corrected chi connectivity index (χ4v) is 3.15. The second-order valence-corrected chi connectivity index (χ2v) is 5.86. The molecule has 1 aromatic heterocycles. The van der Waals surface area contributed by atoms with E-state index >= 15 is 0 Å². The standard InChI is InChI=1S/C16H17N3S/c1-12-15(8-5-9-17-12)19-16-18-14(11-20-16)10-13-6-3-2-4-7-13/h2-9,14H,10-11H2,1H3,(H,18,19). The van der Waals surface area contributed by atoms with Crippen LogP contribution < -0.4 is 5.32 Å². The van der Waals surface area contributed by atoms with Crippen LogP contribution in [0.25, 0.3) is 0 Å². The summed E-state index contributed by atoms with van der Waals surface area (Å²) in [5, 5.41) is 4.38. The predicted octanol–water partition coefficient (Wildman–Crippen LogP) is 3.52. The van der Waals surface area contributed by atoms with E-state index in [1.54, 1.807) is 11.8 Å². The average molecular weight is 283 g/mol. The van der Waals surface area contributed by atoms with E-state index in [1.165, 1.54) is 5.56 Å². The molecule has 1 aliphatic rings. The third-order valence-corrected chi connectivity index (χ3v) is 4.31. The quantitative estimate of drug-likeness (QED) is 0.936. The summed E-state index contributed by atoms with van der Waals surface area (Å²) in [7, 11) is 0. The number of aliphatic imine (C=N–C) groups is 1. The third-order valence-electron chi connectivity index (χ3n) is 3.27. The van der Waals surface area contributed by atoms with E-state index in [9.17, 15) is 0 Å². The SMILES string of the molecule is Cc1ncccc1NC1=NC(Cc2ccccc2)CS1. The monoisotopic (exact) mass is 283 g/mol. The van der Waals surface area contributed by atoms with Crippen molar-refractivity contribution in [2.45, 2.75) is 19.4 Å². The van der Waals surface area contributed by atoms with Crippen molar-refractivity contribution < 1.29 is 0 Å². The highest BCUT2D eigenvalue weighted by atomic mass is 32.2. The van der Waals surface area contributed by atoms with E-state index in [0.717, 1.165) is 28.7 Å². The highest BCUT2D eigenvalue weighted by Crippen LogP contribution is 2.23. The molecule has 0 fully saturated rings. The first-order chi connectivity index (χ1) is 9.81. The second-order valence-electron chi connectivity index (χ2n) is 4.85. The zero-order valence-corrected chi connectivity index (χ0v) is 12.2. The number of amidine groups is 1. The molecule has 1 unspecified atom stereocenters. The van der Waals surface area contributed by atoms with Crippen molar-refractivity contribution in [1.29, 1.82) is 0 Å². The molecule has 3 nitrogen and oxygen atoms in total. The number of hydrogen-bond acceptors (Lipinski definition) is 4. The van der Waals surface area contributed by atoms with Gasteiger partial charge in [-0.3, -0.25) is 9.98 Å². The summed E-state index contributed by atoms with van der Waals surface area (Å²) in [5.74, 6) is 1.04. The molecule has 0 radical (unpaired) electrons.